The van der Waals surface area contributed by atoms with Crippen LogP contribution in [0.3, 0.4) is 0 Å². The molecule has 8 atom stereocenters. The number of ether oxygens (including phenoxy) is 6. The summed E-state index contributed by atoms with van der Waals surface area (Å²) in [7, 11) is 4.33. The van der Waals surface area contributed by atoms with Crippen molar-refractivity contribution in [2.75, 3.05) is 28.2 Å². The van der Waals surface area contributed by atoms with Gasteiger partial charge in [0.05, 0.1) is 0 Å². The van der Waals surface area contributed by atoms with Gasteiger partial charge in [0.1, 0.15) is 47.0 Å². The minimum Gasteiger partial charge on any atom is -0.451 e. The fourth-order valence-corrected chi connectivity index (χ4v) is 8.52. The minimum atomic E-state index is -5.07. The van der Waals surface area contributed by atoms with E-state index in [1.54, 1.807) is 27.7 Å². The first-order valence-corrected chi connectivity index (χ1v) is 25.5. The molecule has 448 valence electrons. The van der Waals surface area contributed by atoms with Crippen LogP contribution in [0.25, 0.3) is 0 Å². The molecular weight excluding hydrogens is 1080 g/mol. The number of likely N-dealkylation sites (N-methyl/N-ethyl adjacent to an activating group) is 4. The summed E-state index contributed by atoms with van der Waals surface area (Å²) in [6.45, 7) is 13.1. The largest absolute Gasteiger partial charge is 0.573 e. The summed E-state index contributed by atoms with van der Waals surface area (Å²) in [6, 6.07) is 1.14. The first-order valence-electron chi connectivity index (χ1n) is 25.5. The van der Waals surface area contributed by atoms with Gasteiger partial charge in [0.2, 0.25) is 0 Å². The van der Waals surface area contributed by atoms with Gasteiger partial charge in [-0.2, -0.15) is 0 Å². The molecular formula is C54H72F8N4O14. The highest BCUT2D eigenvalue weighted by Gasteiger charge is 2.45. The van der Waals surface area contributed by atoms with Gasteiger partial charge in [-0.05, 0) is 102 Å². The van der Waals surface area contributed by atoms with Crippen molar-refractivity contribution in [1.82, 2.24) is 19.6 Å². The molecule has 0 spiro atoms. The summed E-state index contributed by atoms with van der Waals surface area (Å²) in [5.41, 5.74) is -4.36. The van der Waals surface area contributed by atoms with Crippen molar-refractivity contribution in [3.05, 3.63) is 59.7 Å². The fourth-order valence-electron chi connectivity index (χ4n) is 8.52. The second-order valence-electron chi connectivity index (χ2n) is 21.8. The van der Waals surface area contributed by atoms with E-state index in [1.165, 1.54) is 0 Å². The number of cyclic esters (lactones) is 4. The number of halogens is 8. The summed E-state index contributed by atoms with van der Waals surface area (Å²) >= 11 is 0. The highest BCUT2D eigenvalue weighted by Crippen LogP contribution is 2.29. The molecule has 0 bridgehead atoms. The number of esters is 4. The number of hydrogen-bond donors (Lipinski definition) is 0. The second-order valence-corrected chi connectivity index (χ2v) is 21.8. The zero-order valence-corrected chi connectivity index (χ0v) is 47.2. The summed E-state index contributed by atoms with van der Waals surface area (Å²) in [6.07, 6.45) is -20.9. The number of nitrogens with zero attached hydrogens (tertiary/aromatic N) is 4. The van der Waals surface area contributed by atoms with Gasteiger partial charge >= 0.3 is 36.6 Å². The Bertz CT molecular complexity index is 2310. The van der Waals surface area contributed by atoms with Gasteiger partial charge in [-0.3, -0.25) is 19.2 Å². The Hall–Kier alpha value is -6.76. The highest BCUT2D eigenvalue weighted by atomic mass is 19.4. The Morgan fingerprint density at radius 1 is 0.438 bits per heavy atom. The summed E-state index contributed by atoms with van der Waals surface area (Å²) in [4.78, 5) is 118. The van der Waals surface area contributed by atoms with E-state index in [-0.39, 0.29) is 24.0 Å². The van der Waals surface area contributed by atoms with Crippen molar-refractivity contribution >= 4 is 47.5 Å². The molecule has 80 heavy (non-hydrogen) atoms. The topological polar surface area (TPSA) is 205 Å². The standard InChI is InChI=1S/C54H72F8N4O14/c1-29(2)23-37-47(71)75-31(5)43(67)65(13)40(28-52(9,10)56)50(74)78-42(26-34-17-21-36(22-18-34)80-54(60,61)62)46(70)64(12)38(24-30(3)4)48(72)76-32(6)44(68)66(14)39(27-51(7,8)55)49(73)77-41(45(69)63(37)11)25-33-15-19-35(20-16-33)79-53(57,58)59/h15-22,29-32,37-42H,23-28H2,1-14H3/t31-,32-,37-,38-,39-,40-,41-,42-/m0/s1. The maximum atomic E-state index is 15.7. The van der Waals surface area contributed by atoms with Gasteiger partial charge in [-0.1, -0.05) is 52.0 Å². The van der Waals surface area contributed by atoms with Crippen molar-refractivity contribution in [2.45, 2.75) is 180 Å². The molecule has 1 heterocycles. The third-order valence-electron chi connectivity index (χ3n) is 12.6. The lowest BCUT2D eigenvalue weighted by atomic mass is 9.98. The van der Waals surface area contributed by atoms with Crippen LogP contribution in [0.15, 0.2) is 48.5 Å². The Kier molecular flexibility index (Phi) is 23.3. The van der Waals surface area contributed by atoms with E-state index in [9.17, 15) is 64.7 Å². The van der Waals surface area contributed by atoms with Gasteiger partial charge < -0.3 is 48.0 Å². The quantitative estimate of drug-likeness (QED) is 0.101. The Morgan fingerprint density at radius 2 is 0.700 bits per heavy atom. The van der Waals surface area contributed by atoms with Crippen LogP contribution in [0.1, 0.15) is 106 Å². The van der Waals surface area contributed by atoms with Crippen molar-refractivity contribution in [3.8, 4) is 11.5 Å². The molecule has 0 saturated carbocycles. The number of carbonyl (C=O) groups is 8. The van der Waals surface area contributed by atoms with E-state index in [0.29, 0.717) is 9.80 Å². The average Bonchev–Trinajstić information content (AvgIpc) is 3.32. The fraction of sp³-hybridized carbons (Fsp3) is 0.630. The van der Waals surface area contributed by atoms with Gasteiger partial charge in [0.15, 0.2) is 24.4 Å². The van der Waals surface area contributed by atoms with Crippen molar-refractivity contribution in [3.63, 3.8) is 0 Å². The van der Waals surface area contributed by atoms with Crippen LogP contribution in [-0.2, 0) is 70.1 Å². The van der Waals surface area contributed by atoms with Crippen molar-refractivity contribution < 1.29 is 102 Å². The monoisotopic (exact) mass is 1150 g/mol. The maximum Gasteiger partial charge on any atom is 0.573 e. The van der Waals surface area contributed by atoms with Crippen LogP contribution in [0.4, 0.5) is 35.1 Å². The van der Waals surface area contributed by atoms with Crippen LogP contribution in [0.2, 0.25) is 0 Å². The number of alkyl halides is 8. The zero-order valence-electron chi connectivity index (χ0n) is 47.2. The third-order valence-corrected chi connectivity index (χ3v) is 12.6. The number of rotatable bonds is 14. The molecule has 0 unspecified atom stereocenters. The molecule has 0 radical (unpaired) electrons. The van der Waals surface area contributed by atoms with Crippen LogP contribution in [0.5, 0.6) is 11.5 Å². The number of carbonyl (C=O) groups excluding carboxylic acids is 8. The number of amides is 4. The first-order chi connectivity index (χ1) is 36.6. The van der Waals surface area contributed by atoms with Crippen LogP contribution in [0, 0.1) is 11.8 Å². The molecule has 2 aromatic rings. The molecule has 0 aromatic heterocycles. The van der Waals surface area contributed by atoms with Crippen LogP contribution >= 0.6 is 0 Å². The molecule has 1 aliphatic rings. The zero-order chi connectivity index (χ0) is 61.2. The highest BCUT2D eigenvalue weighted by molar-refractivity contribution is 5.94. The Balaban J connectivity index is 2.32. The normalized spacial score (nSPS) is 23.9. The molecule has 18 nitrogen and oxygen atoms in total. The SMILES string of the molecule is CC(C)C[C@H]1C(=O)O[C@@H](C)C(=O)N(C)[C@@H](CC(C)(C)F)C(=O)O[C@@H](Cc2ccc(OC(F)(F)F)cc2)C(=O)N(C)[C@@H](CC(C)C)C(=O)O[C@@H](C)C(=O)N(C)[C@@H](CC(C)(C)F)C(=O)O[C@@H](Cc2ccc(OC(F)(F)F)cc2)C(=O)N1C. The molecule has 26 heteroatoms. The summed E-state index contributed by atoms with van der Waals surface area (Å²) in [5.74, 6) is -11.9. The van der Waals surface area contributed by atoms with Gasteiger partial charge in [0.25, 0.3) is 23.6 Å². The van der Waals surface area contributed by atoms with Crippen LogP contribution < -0.4 is 9.47 Å². The molecule has 0 N–H and O–H groups in total. The second kappa shape index (κ2) is 27.6. The van der Waals surface area contributed by atoms with Crippen molar-refractivity contribution in [1.29, 1.82) is 0 Å². The molecule has 1 fully saturated rings. The van der Waals surface area contributed by atoms with E-state index in [2.05, 4.69) is 9.47 Å². The number of hydrogen-bond acceptors (Lipinski definition) is 14. The van der Waals surface area contributed by atoms with Gasteiger partial charge in [-0.25, -0.2) is 28.0 Å². The maximum absolute atomic E-state index is 15.7. The van der Waals surface area contributed by atoms with E-state index in [4.69, 9.17) is 18.9 Å². The van der Waals surface area contributed by atoms with Gasteiger partial charge in [-0.15, -0.1) is 26.3 Å². The van der Waals surface area contributed by atoms with E-state index >= 15 is 8.78 Å². The summed E-state index contributed by atoms with van der Waals surface area (Å²) < 4.78 is 140. The lowest BCUT2D eigenvalue weighted by molar-refractivity contribution is -0.275. The predicted molar refractivity (Wildman–Crippen MR) is 269 cm³/mol. The molecule has 2 aromatic carbocycles. The van der Waals surface area contributed by atoms with E-state index in [1.807, 2.05) is 0 Å². The predicted octanol–water partition coefficient (Wildman–Crippen LogP) is 7.65. The lowest BCUT2D eigenvalue weighted by Crippen LogP contribution is -2.55. The van der Waals surface area contributed by atoms with Crippen LogP contribution in [-0.4, -0.2) is 168 Å². The minimum absolute atomic E-state index is 0.0775. The lowest BCUT2D eigenvalue weighted by Gasteiger charge is -2.36. The van der Waals surface area contributed by atoms with Gasteiger partial charge in [0, 0.05) is 53.9 Å². The van der Waals surface area contributed by atoms with E-state index in [0.717, 1.165) is 128 Å². The molecule has 1 saturated heterocycles. The third kappa shape index (κ3) is 21.0. The Labute approximate surface area is 459 Å². The Morgan fingerprint density at radius 3 is 0.950 bits per heavy atom. The van der Waals surface area contributed by atoms with E-state index < -0.39 is 169 Å². The number of benzene rings is 2. The molecule has 0 aliphatic carbocycles. The first kappa shape index (κ1) is 67.5. The molecule has 4 amide bonds. The molecule has 1 aliphatic heterocycles. The van der Waals surface area contributed by atoms with Crippen molar-refractivity contribution in [2.24, 2.45) is 11.8 Å². The average molecular weight is 1150 g/mol. The summed E-state index contributed by atoms with van der Waals surface area (Å²) in [5, 5.41) is 0. The smallest absolute Gasteiger partial charge is 0.451 e. The molecule has 3 rings (SSSR count).